The van der Waals surface area contributed by atoms with E-state index in [9.17, 15) is 0 Å². The molecule has 0 N–H and O–H groups in total. The molecule has 1 aromatic rings. The molecule has 1 aromatic heterocycles. The second-order valence-electron chi connectivity index (χ2n) is 1.58. The van der Waals surface area contributed by atoms with Crippen molar-refractivity contribution < 1.29 is 0 Å². The SMILES string of the molecule is C=Cn1nnnc1CC. The molecule has 1 heterocycles. The minimum absolute atomic E-state index is 0.832. The second kappa shape index (κ2) is 2.39. The summed E-state index contributed by atoms with van der Waals surface area (Å²) in [5.41, 5.74) is 0. The Hall–Kier alpha value is -1.19. The van der Waals surface area contributed by atoms with Crippen molar-refractivity contribution in [2.75, 3.05) is 0 Å². The largest absolute Gasteiger partial charge is 0.205 e. The van der Waals surface area contributed by atoms with E-state index in [1.165, 1.54) is 0 Å². The molecule has 0 bridgehead atoms. The highest BCUT2D eigenvalue weighted by molar-refractivity contribution is 5.13. The summed E-state index contributed by atoms with van der Waals surface area (Å²) in [4.78, 5) is 0. The molecule has 4 nitrogen and oxygen atoms in total. The lowest BCUT2D eigenvalue weighted by atomic mass is 10.5. The summed E-state index contributed by atoms with van der Waals surface area (Å²) >= 11 is 0. The van der Waals surface area contributed by atoms with Gasteiger partial charge >= 0.3 is 0 Å². The summed E-state index contributed by atoms with van der Waals surface area (Å²) < 4.78 is 1.56. The predicted molar refractivity (Wildman–Crippen MR) is 33.6 cm³/mol. The molecule has 1 rings (SSSR count). The van der Waals surface area contributed by atoms with Crippen molar-refractivity contribution >= 4 is 6.20 Å². The Morgan fingerprint density at radius 1 is 1.78 bits per heavy atom. The fraction of sp³-hybridized carbons (Fsp3) is 0.400. The van der Waals surface area contributed by atoms with Crippen LogP contribution >= 0.6 is 0 Å². The van der Waals surface area contributed by atoms with Crippen LogP contribution in [0.15, 0.2) is 6.58 Å². The van der Waals surface area contributed by atoms with Gasteiger partial charge in [0.2, 0.25) is 0 Å². The Labute approximate surface area is 53.2 Å². The van der Waals surface area contributed by atoms with Gasteiger partial charge in [-0.25, -0.2) is 4.68 Å². The molecule has 48 valence electrons. The van der Waals surface area contributed by atoms with Crippen LogP contribution in [-0.2, 0) is 6.42 Å². The van der Waals surface area contributed by atoms with Crippen molar-refractivity contribution in [2.24, 2.45) is 0 Å². The zero-order valence-corrected chi connectivity index (χ0v) is 5.28. The van der Waals surface area contributed by atoms with Crippen LogP contribution in [0.1, 0.15) is 12.7 Å². The summed E-state index contributed by atoms with van der Waals surface area (Å²) in [6.07, 6.45) is 2.41. The topological polar surface area (TPSA) is 43.6 Å². The van der Waals surface area contributed by atoms with E-state index in [-0.39, 0.29) is 0 Å². The van der Waals surface area contributed by atoms with Gasteiger partial charge in [-0.2, -0.15) is 0 Å². The minimum Gasteiger partial charge on any atom is -0.205 e. The van der Waals surface area contributed by atoms with Gasteiger partial charge in [0.1, 0.15) is 0 Å². The van der Waals surface area contributed by atoms with Crippen LogP contribution in [0.3, 0.4) is 0 Å². The van der Waals surface area contributed by atoms with Crippen molar-refractivity contribution in [3.05, 3.63) is 12.4 Å². The van der Waals surface area contributed by atoms with Crippen molar-refractivity contribution in [3.63, 3.8) is 0 Å². The van der Waals surface area contributed by atoms with Crippen LogP contribution < -0.4 is 0 Å². The molecule has 0 spiro atoms. The molecule has 9 heavy (non-hydrogen) atoms. The van der Waals surface area contributed by atoms with Crippen molar-refractivity contribution in [1.29, 1.82) is 0 Å². The molecule has 0 aliphatic heterocycles. The first kappa shape index (κ1) is 5.94. The first-order valence-electron chi connectivity index (χ1n) is 2.77. The number of aryl methyl sites for hydroxylation is 1. The summed E-state index contributed by atoms with van der Waals surface area (Å²) in [6, 6.07) is 0. The lowest BCUT2D eigenvalue weighted by Gasteiger charge is -1.89. The average Bonchev–Trinajstić information content (AvgIpc) is 2.33. The number of hydrogen-bond donors (Lipinski definition) is 0. The summed E-state index contributed by atoms with van der Waals surface area (Å²) in [5.74, 6) is 0.838. The minimum atomic E-state index is 0.832. The molecule has 0 saturated carbocycles. The zero-order chi connectivity index (χ0) is 6.69. The van der Waals surface area contributed by atoms with Crippen molar-refractivity contribution in [2.45, 2.75) is 13.3 Å². The standard InChI is InChI=1S/C5H8N4/c1-3-5-6-7-8-9(5)4-2/h4H,2-3H2,1H3. The highest BCUT2D eigenvalue weighted by Gasteiger charge is 1.96. The average molecular weight is 124 g/mol. The normalized spacial score (nSPS) is 9.44. The lowest BCUT2D eigenvalue weighted by molar-refractivity contribution is 0.802. The van der Waals surface area contributed by atoms with E-state index in [0.29, 0.717) is 0 Å². The van der Waals surface area contributed by atoms with E-state index in [1.807, 2.05) is 6.92 Å². The van der Waals surface area contributed by atoms with E-state index in [1.54, 1.807) is 10.9 Å². The number of rotatable bonds is 2. The third kappa shape index (κ3) is 0.960. The maximum atomic E-state index is 3.74. The van der Waals surface area contributed by atoms with Gasteiger partial charge in [-0.3, -0.25) is 0 Å². The van der Waals surface area contributed by atoms with Gasteiger partial charge in [-0.1, -0.05) is 13.5 Å². The van der Waals surface area contributed by atoms with E-state index in [2.05, 4.69) is 22.1 Å². The quantitative estimate of drug-likeness (QED) is 0.570. The number of nitrogens with zero attached hydrogens (tertiary/aromatic N) is 4. The first-order chi connectivity index (χ1) is 4.38. The lowest BCUT2D eigenvalue weighted by Crippen LogP contribution is -1.94. The van der Waals surface area contributed by atoms with Crippen LogP contribution in [0.2, 0.25) is 0 Å². The predicted octanol–water partition coefficient (Wildman–Crippen LogP) is 0.336. The van der Waals surface area contributed by atoms with Crippen molar-refractivity contribution in [1.82, 2.24) is 20.2 Å². The van der Waals surface area contributed by atoms with Crippen LogP contribution in [-0.4, -0.2) is 20.2 Å². The molecule has 4 heteroatoms. The Morgan fingerprint density at radius 3 is 3.00 bits per heavy atom. The number of tetrazole rings is 1. The first-order valence-corrected chi connectivity index (χ1v) is 2.77. The smallest absolute Gasteiger partial charge is 0.155 e. The highest BCUT2D eigenvalue weighted by atomic mass is 15.5. The Balaban J connectivity index is 2.98. The zero-order valence-electron chi connectivity index (χ0n) is 5.28. The van der Waals surface area contributed by atoms with Crippen molar-refractivity contribution in [3.8, 4) is 0 Å². The van der Waals surface area contributed by atoms with Gasteiger partial charge in [0.15, 0.2) is 5.82 Å². The van der Waals surface area contributed by atoms with Gasteiger partial charge in [-0.05, 0) is 10.4 Å². The van der Waals surface area contributed by atoms with Gasteiger partial charge in [0.05, 0.1) is 0 Å². The molecule has 0 amide bonds. The maximum Gasteiger partial charge on any atom is 0.155 e. The molecule has 0 aliphatic rings. The Kier molecular flexibility index (Phi) is 1.58. The molecule has 0 unspecified atom stereocenters. The van der Waals surface area contributed by atoms with Gasteiger partial charge < -0.3 is 0 Å². The molecule has 0 atom stereocenters. The highest BCUT2D eigenvalue weighted by Crippen LogP contribution is 1.90. The fourth-order valence-electron chi connectivity index (χ4n) is 0.587. The van der Waals surface area contributed by atoms with E-state index < -0.39 is 0 Å². The summed E-state index contributed by atoms with van der Waals surface area (Å²) in [7, 11) is 0. The number of aromatic nitrogens is 4. The van der Waals surface area contributed by atoms with Crippen LogP contribution in [0, 0.1) is 0 Å². The third-order valence-electron chi connectivity index (χ3n) is 1.05. The van der Waals surface area contributed by atoms with Gasteiger partial charge in [0.25, 0.3) is 0 Å². The third-order valence-corrected chi connectivity index (χ3v) is 1.05. The fourth-order valence-corrected chi connectivity index (χ4v) is 0.587. The van der Waals surface area contributed by atoms with Crippen LogP contribution in [0.5, 0.6) is 0 Å². The van der Waals surface area contributed by atoms with E-state index in [0.717, 1.165) is 12.2 Å². The molecular formula is C5H8N4. The maximum absolute atomic E-state index is 3.74. The van der Waals surface area contributed by atoms with E-state index in [4.69, 9.17) is 0 Å². The monoisotopic (exact) mass is 124 g/mol. The Bertz CT molecular complexity index is 202. The second-order valence-corrected chi connectivity index (χ2v) is 1.58. The molecule has 0 aliphatic carbocycles. The molecule has 0 aromatic carbocycles. The van der Waals surface area contributed by atoms with Gasteiger partial charge in [0, 0.05) is 12.6 Å². The van der Waals surface area contributed by atoms with E-state index >= 15 is 0 Å². The van der Waals surface area contributed by atoms with Gasteiger partial charge in [-0.15, -0.1) is 5.10 Å². The number of hydrogen-bond acceptors (Lipinski definition) is 3. The molecule has 0 saturated heterocycles. The Morgan fingerprint density at radius 2 is 2.56 bits per heavy atom. The summed E-state index contributed by atoms with van der Waals surface area (Å²) in [6.45, 7) is 5.52. The molecular weight excluding hydrogens is 116 g/mol. The molecule has 0 fully saturated rings. The van der Waals surface area contributed by atoms with Crippen LogP contribution in [0.4, 0.5) is 0 Å². The summed E-state index contributed by atoms with van der Waals surface area (Å²) in [5, 5.41) is 10.8. The molecule has 0 radical (unpaired) electrons. The van der Waals surface area contributed by atoms with Crippen LogP contribution in [0.25, 0.3) is 6.20 Å².